The number of fused-ring (bicyclic) bond motifs is 1. The molecule has 0 aliphatic carbocycles. The van der Waals surface area contributed by atoms with Crippen LogP contribution in [0.2, 0.25) is 10.0 Å². The Morgan fingerprint density at radius 3 is 2.41 bits per heavy atom. The topological polar surface area (TPSA) is 134 Å². The summed E-state index contributed by atoms with van der Waals surface area (Å²) in [5, 5.41) is 18.0. The number of ether oxygens (including phenoxy) is 1. The summed E-state index contributed by atoms with van der Waals surface area (Å²) in [6.07, 6.45) is 3.59. The molecule has 2 saturated heterocycles. The highest BCUT2D eigenvalue weighted by atomic mass is 35.5. The monoisotopic (exact) mass is 729 g/mol. The molecule has 14 heteroatoms. The Balaban J connectivity index is 1.18. The Morgan fingerprint density at radius 1 is 1.04 bits per heavy atom. The highest BCUT2D eigenvalue weighted by Crippen LogP contribution is 2.42. The molecule has 0 spiro atoms. The first-order valence-electron chi connectivity index (χ1n) is 16.7. The Morgan fingerprint density at radius 2 is 1.75 bits per heavy atom. The molecule has 2 atom stereocenters. The summed E-state index contributed by atoms with van der Waals surface area (Å²) < 4.78 is 8.76. The molecule has 5 aromatic rings. The SMILES string of the molecule is COc1nc(-c2cccc(-c3cccc(-c4cc5c(=O)n(C)c(CN6CC[C@H](C(=O)O)C6)nn5c4)c3Cl)c2Cl)ccc1CN(C)[C@H]1CCC(=O)N1. The fourth-order valence-electron chi connectivity index (χ4n) is 6.96. The molecule has 264 valence electrons. The Kier molecular flexibility index (Phi) is 9.60. The van der Waals surface area contributed by atoms with Gasteiger partial charge in [-0.2, -0.15) is 5.10 Å². The van der Waals surface area contributed by atoms with Crippen molar-refractivity contribution < 1.29 is 19.4 Å². The van der Waals surface area contributed by atoms with Gasteiger partial charge in [-0.1, -0.05) is 65.7 Å². The second-order valence-electron chi connectivity index (χ2n) is 13.1. The highest BCUT2D eigenvalue weighted by Gasteiger charge is 2.29. The first-order chi connectivity index (χ1) is 24.5. The lowest BCUT2D eigenvalue weighted by Gasteiger charge is -2.24. The van der Waals surface area contributed by atoms with Crippen LogP contribution in [0, 0.1) is 5.92 Å². The maximum Gasteiger partial charge on any atom is 0.307 e. The number of nitrogens with one attached hydrogen (secondary N) is 1. The van der Waals surface area contributed by atoms with Gasteiger partial charge in [0.15, 0.2) is 0 Å². The number of rotatable bonds is 10. The fraction of sp³-hybridized carbons (Fsp3) is 0.324. The number of carbonyl (C=O) groups is 2. The van der Waals surface area contributed by atoms with Gasteiger partial charge < -0.3 is 15.2 Å². The number of pyridine rings is 1. The van der Waals surface area contributed by atoms with E-state index < -0.39 is 11.9 Å². The zero-order valence-corrected chi connectivity index (χ0v) is 29.9. The zero-order chi connectivity index (χ0) is 36.0. The quantitative estimate of drug-likeness (QED) is 0.196. The van der Waals surface area contributed by atoms with Gasteiger partial charge in [0.2, 0.25) is 11.8 Å². The number of aliphatic carboxylic acids is 1. The Bertz CT molecular complexity index is 2240. The molecule has 2 aromatic carbocycles. The van der Waals surface area contributed by atoms with Crippen molar-refractivity contribution in [3.8, 4) is 39.4 Å². The minimum Gasteiger partial charge on any atom is -0.481 e. The van der Waals surface area contributed by atoms with Crippen LogP contribution in [-0.4, -0.2) is 79.4 Å². The summed E-state index contributed by atoms with van der Waals surface area (Å²) in [6.45, 7) is 1.95. The second-order valence-corrected chi connectivity index (χ2v) is 13.9. The van der Waals surface area contributed by atoms with Crippen LogP contribution in [0.25, 0.3) is 39.0 Å². The number of carboxylic acid groups (broad SMARTS) is 1. The van der Waals surface area contributed by atoms with Crippen molar-refractivity contribution in [1.29, 1.82) is 0 Å². The van der Waals surface area contributed by atoms with Crippen LogP contribution >= 0.6 is 23.2 Å². The first kappa shape index (κ1) is 34.7. The largest absolute Gasteiger partial charge is 0.481 e. The third-order valence-corrected chi connectivity index (χ3v) is 10.7. The molecular weight excluding hydrogens is 693 g/mol. The molecule has 2 aliphatic rings. The van der Waals surface area contributed by atoms with Crippen LogP contribution in [0.5, 0.6) is 5.88 Å². The number of benzene rings is 2. The molecule has 2 fully saturated rings. The number of hydrogen-bond acceptors (Lipinski definition) is 8. The number of nitrogens with zero attached hydrogens (tertiary/aromatic N) is 6. The van der Waals surface area contributed by atoms with Crippen LogP contribution < -0.4 is 15.6 Å². The molecule has 7 rings (SSSR count). The van der Waals surface area contributed by atoms with Gasteiger partial charge in [-0.15, -0.1) is 0 Å². The lowest BCUT2D eigenvalue weighted by Crippen LogP contribution is -2.40. The molecule has 0 unspecified atom stereocenters. The smallest absolute Gasteiger partial charge is 0.307 e. The average Bonchev–Trinajstić information content (AvgIpc) is 3.88. The van der Waals surface area contributed by atoms with Crippen molar-refractivity contribution in [1.82, 2.24) is 34.3 Å². The molecule has 3 aromatic heterocycles. The lowest BCUT2D eigenvalue weighted by molar-refractivity contribution is -0.141. The van der Waals surface area contributed by atoms with E-state index in [0.717, 1.165) is 12.0 Å². The third kappa shape index (κ3) is 6.72. The van der Waals surface area contributed by atoms with Gasteiger partial charge in [0, 0.05) is 66.1 Å². The molecule has 1 amide bonds. The molecule has 51 heavy (non-hydrogen) atoms. The summed E-state index contributed by atoms with van der Waals surface area (Å²) in [7, 11) is 5.22. The van der Waals surface area contributed by atoms with Crippen molar-refractivity contribution in [2.24, 2.45) is 13.0 Å². The number of carboxylic acids is 1. The fourth-order valence-corrected chi connectivity index (χ4v) is 7.62. The Labute approximate surface area is 304 Å². The number of aromatic nitrogens is 4. The summed E-state index contributed by atoms with van der Waals surface area (Å²) in [4.78, 5) is 45.5. The normalized spacial score (nSPS) is 17.8. The van der Waals surface area contributed by atoms with Crippen LogP contribution in [0.3, 0.4) is 0 Å². The van der Waals surface area contributed by atoms with E-state index in [1.54, 1.807) is 30.9 Å². The van der Waals surface area contributed by atoms with Crippen LogP contribution in [-0.2, 0) is 29.7 Å². The van der Waals surface area contributed by atoms with Crippen molar-refractivity contribution in [3.63, 3.8) is 0 Å². The van der Waals surface area contributed by atoms with Gasteiger partial charge in [-0.25, -0.2) is 9.50 Å². The molecule has 0 radical (unpaired) electrons. The molecule has 0 saturated carbocycles. The molecule has 5 heterocycles. The van der Waals surface area contributed by atoms with Gasteiger partial charge in [0.25, 0.3) is 5.56 Å². The summed E-state index contributed by atoms with van der Waals surface area (Å²) in [5.74, 6) is -0.159. The van der Waals surface area contributed by atoms with E-state index in [-0.39, 0.29) is 17.6 Å². The van der Waals surface area contributed by atoms with Crippen LogP contribution in [0.4, 0.5) is 0 Å². The van der Waals surface area contributed by atoms with E-state index in [1.807, 2.05) is 60.5 Å². The van der Waals surface area contributed by atoms with Gasteiger partial charge in [0.05, 0.1) is 41.5 Å². The van der Waals surface area contributed by atoms with E-state index in [0.29, 0.717) is 99.8 Å². The number of methoxy groups -OCH3 is 1. The van der Waals surface area contributed by atoms with Crippen molar-refractivity contribution in [2.45, 2.75) is 38.5 Å². The third-order valence-electron chi connectivity index (χ3n) is 9.85. The van der Waals surface area contributed by atoms with Gasteiger partial charge >= 0.3 is 5.97 Å². The second kappa shape index (κ2) is 14.1. The van der Waals surface area contributed by atoms with Crippen molar-refractivity contribution in [3.05, 3.63) is 92.6 Å². The molecule has 0 bridgehead atoms. The number of hydrogen-bond donors (Lipinski definition) is 2. The zero-order valence-electron chi connectivity index (χ0n) is 28.4. The number of amides is 1. The maximum atomic E-state index is 13.4. The predicted molar refractivity (Wildman–Crippen MR) is 195 cm³/mol. The van der Waals surface area contributed by atoms with E-state index in [9.17, 15) is 19.5 Å². The summed E-state index contributed by atoms with van der Waals surface area (Å²) >= 11 is 14.2. The summed E-state index contributed by atoms with van der Waals surface area (Å²) in [5.41, 5.74) is 5.25. The number of halogens is 2. The minimum atomic E-state index is -0.806. The van der Waals surface area contributed by atoms with Crippen molar-refractivity contribution >= 4 is 40.6 Å². The van der Waals surface area contributed by atoms with E-state index in [2.05, 4.69) is 10.2 Å². The maximum absolute atomic E-state index is 13.4. The highest BCUT2D eigenvalue weighted by molar-refractivity contribution is 6.39. The first-order valence-corrected chi connectivity index (χ1v) is 17.4. The molecule has 2 aliphatic heterocycles. The molecular formula is C37H37Cl2N7O5. The van der Waals surface area contributed by atoms with Crippen molar-refractivity contribution in [2.75, 3.05) is 27.2 Å². The predicted octanol–water partition coefficient (Wildman–Crippen LogP) is 5.32. The number of likely N-dealkylation sites (tertiary alicyclic amines) is 1. The van der Waals surface area contributed by atoms with Gasteiger partial charge in [-0.05, 0) is 38.6 Å². The lowest BCUT2D eigenvalue weighted by atomic mass is 9.97. The Hall–Kier alpha value is -4.75. The van der Waals surface area contributed by atoms with E-state index in [4.69, 9.17) is 38.0 Å². The summed E-state index contributed by atoms with van der Waals surface area (Å²) in [6, 6.07) is 17.0. The molecule has 2 N–H and O–H groups in total. The standard InChI is InChI=1S/C37H37Cl2N7O5/c1-43(30-12-13-32(47)41-30)17-21-10-11-28(40-35(21)51-3)27-9-5-8-26(34(27)39)25-7-4-6-24(33(25)38)23-16-29-36(48)44(2)31(42-46(29)19-23)20-45-15-14-22(18-45)37(49)50/h4-11,16,19,22,30H,12-15,17-18,20H2,1-3H3,(H,41,47)(H,49,50)/t22-,30-/m0/s1. The van der Waals surface area contributed by atoms with Gasteiger partial charge in [0.1, 0.15) is 11.3 Å². The van der Waals surface area contributed by atoms with Gasteiger partial charge in [-0.3, -0.25) is 28.8 Å². The molecule has 12 nitrogen and oxygen atoms in total. The number of carbonyl (C=O) groups excluding carboxylic acids is 1. The van der Waals surface area contributed by atoms with E-state index in [1.165, 1.54) is 4.57 Å². The van der Waals surface area contributed by atoms with E-state index >= 15 is 0 Å². The van der Waals surface area contributed by atoms with Crippen LogP contribution in [0.1, 0.15) is 30.7 Å². The average molecular weight is 731 g/mol. The minimum absolute atomic E-state index is 0.0342. The van der Waals surface area contributed by atoms with Crippen LogP contribution in [0.15, 0.2) is 65.6 Å².